The highest BCUT2D eigenvalue weighted by molar-refractivity contribution is 5.41. The van der Waals surface area contributed by atoms with Gasteiger partial charge in [0.05, 0.1) is 0 Å². The number of nitrogens with zero attached hydrogens (tertiary/aromatic N) is 1. The number of rotatable bonds is 5. The van der Waals surface area contributed by atoms with E-state index >= 15 is 0 Å². The Labute approximate surface area is 131 Å². The van der Waals surface area contributed by atoms with Crippen LogP contribution in [0.3, 0.4) is 0 Å². The van der Waals surface area contributed by atoms with Gasteiger partial charge in [0.25, 0.3) is 0 Å². The smallest absolute Gasteiger partial charge is 0.00478 e. The summed E-state index contributed by atoms with van der Waals surface area (Å²) >= 11 is 0. The number of likely N-dealkylation sites (N-methyl/N-ethyl adjacent to an activating group) is 1. The highest BCUT2D eigenvalue weighted by Crippen LogP contribution is 2.31. The molecule has 0 spiro atoms. The third kappa shape index (κ3) is 3.97. The normalized spacial score (nSPS) is 20.2. The van der Waals surface area contributed by atoms with E-state index in [1.54, 1.807) is 11.1 Å². The summed E-state index contributed by atoms with van der Waals surface area (Å²) in [6, 6.07) is 4.91. The van der Waals surface area contributed by atoms with Crippen LogP contribution in [0.2, 0.25) is 0 Å². The molecule has 0 saturated carbocycles. The molecule has 1 heterocycles. The molecule has 1 fully saturated rings. The minimum Gasteiger partial charge on any atom is -0.306 e. The van der Waals surface area contributed by atoms with E-state index < -0.39 is 0 Å². The van der Waals surface area contributed by atoms with E-state index in [0.29, 0.717) is 0 Å². The molecule has 0 amide bonds. The standard InChI is InChI=1S/C20H31N/c1-6-8-17(7-2)12-19-13-20(16(4)11-15(19)3)18-9-10-21(5)14-18/h7,11,13,18H,6,8-10,12,14H2,1-5H3/b17-7+. The van der Waals surface area contributed by atoms with E-state index in [4.69, 9.17) is 0 Å². The summed E-state index contributed by atoms with van der Waals surface area (Å²) in [5.41, 5.74) is 7.64. The number of hydrogen-bond acceptors (Lipinski definition) is 1. The number of benzene rings is 1. The van der Waals surface area contributed by atoms with Gasteiger partial charge in [-0.05, 0) is 81.8 Å². The van der Waals surface area contributed by atoms with Gasteiger partial charge in [0.1, 0.15) is 0 Å². The van der Waals surface area contributed by atoms with Crippen molar-refractivity contribution in [1.29, 1.82) is 0 Å². The zero-order valence-electron chi connectivity index (χ0n) is 14.5. The third-order valence-corrected chi connectivity index (χ3v) is 4.95. The summed E-state index contributed by atoms with van der Waals surface area (Å²) in [6.45, 7) is 11.5. The van der Waals surface area contributed by atoms with Gasteiger partial charge in [-0.25, -0.2) is 0 Å². The van der Waals surface area contributed by atoms with Crippen molar-refractivity contribution in [3.05, 3.63) is 46.0 Å². The van der Waals surface area contributed by atoms with Gasteiger partial charge in [-0.1, -0.05) is 37.1 Å². The Balaban J connectivity index is 2.26. The predicted octanol–water partition coefficient (Wildman–Crippen LogP) is 5.01. The van der Waals surface area contributed by atoms with E-state index in [9.17, 15) is 0 Å². The number of aryl methyl sites for hydroxylation is 2. The molecule has 1 unspecified atom stereocenters. The fraction of sp³-hybridized carbons (Fsp3) is 0.600. The van der Waals surface area contributed by atoms with E-state index in [1.807, 2.05) is 0 Å². The fourth-order valence-electron chi connectivity index (χ4n) is 3.64. The second kappa shape index (κ2) is 7.26. The molecule has 1 aromatic rings. The minimum atomic E-state index is 0.731. The van der Waals surface area contributed by atoms with Crippen molar-refractivity contribution < 1.29 is 0 Å². The van der Waals surface area contributed by atoms with Crippen LogP contribution in [0.4, 0.5) is 0 Å². The summed E-state index contributed by atoms with van der Waals surface area (Å²) in [4.78, 5) is 2.46. The van der Waals surface area contributed by atoms with Crippen molar-refractivity contribution >= 4 is 0 Å². The monoisotopic (exact) mass is 285 g/mol. The van der Waals surface area contributed by atoms with Crippen LogP contribution in [0.25, 0.3) is 0 Å². The fourth-order valence-corrected chi connectivity index (χ4v) is 3.64. The predicted molar refractivity (Wildman–Crippen MR) is 93.1 cm³/mol. The van der Waals surface area contributed by atoms with Crippen LogP contribution >= 0.6 is 0 Å². The van der Waals surface area contributed by atoms with Crippen LogP contribution in [0, 0.1) is 13.8 Å². The highest BCUT2D eigenvalue weighted by Gasteiger charge is 2.23. The van der Waals surface area contributed by atoms with Crippen molar-refractivity contribution in [3.63, 3.8) is 0 Å². The van der Waals surface area contributed by atoms with Gasteiger partial charge in [0, 0.05) is 6.54 Å². The summed E-state index contributed by atoms with van der Waals surface area (Å²) < 4.78 is 0. The first-order chi connectivity index (χ1) is 10.0. The van der Waals surface area contributed by atoms with Crippen molar-refractivity contribution in [2.75, 3.05) is 20.1 Å². The van der Waals surface area contributed by atoms with Crippen molar-refractivity contribution in [2.45, 2.75) is 59.3 Å². The van der Waals surface area contributed by atoms with Gasteiger partial charge in [-0.15, -0.1) is 0 Å². The lowest BCUT2D eigenvalue weighted by atomic mass is 9.88. The summed E-state index contributed by atoms with van der Waals surface area (Å²) in [5.74, 6) is 0.731. The summed E-state index contributed by atoms with van der Waals surface area (Å²) in [6.07, 6.45) is 7.22. The molecular weight excluding hydrogens is 254 g/mol. The SMILES string of the molecule is C/C=C(\CCC)Cc1cc(C2CCN(C)C2)c(C)cc1C. The quantitative estimate of drug-likeness (QED) is 0.687. The van der Waals surface area contributed by atoms with Crippen LogP contribution in [-0.4, -0.2) is 25.0 Å². The van der Waals surface area contributed by atoms with Gasteiger partial charge in [0.15, 0.2) is 0 Å². The molecule has 0 radical (unpaired) electrons. The molecule has 1 aromatic carbocycles. The zero-order chi connectivity index (χ0) is 15.4. The lowest BCUT2D eigenvalue weighted by Crippen LogP contribution is -2.14. The Morgan fingerprint density at radius 2 is 2.05 bits per heavy atom. The molecule has 1 nitrogen and oxygen atoms in total. The molecule has 21 heavy (non-hydrogen) atoms. The second-order valence-corrected chi connectivity index (χ2v) is 6.76. The topological polar surface area (TPSA) is 3.24 Å². The molecule has 0 aliphatic carbocycles. The summed E-state index contributed by atoms with van der Waals surface area (Å²) in [7, 11) is 2.24. The van der Waals surface area contributed by atoms with Gasteiger partial charge in [-0.2, -0.15) is 0 Å². The first-order valence-electron chi connectivity index (χ1n) is 8.47. The molecule has 1 heteroatoms. The molecular formula is C20H31N. The van der Waals surface area contributed by atoms with E-state index in [-0.39, 0.29) is 0 Å². The number of likely N-dealkylation sites (tertiary alicyclic amines) is 1. The number of allylic oxidation sites excluding steroid dienone is 2. The van der Waals surface area contributed by atoms with E-state index in [0.717, 1.165) is 12.3 Å². The van der Waals surface area contributed by atoms with Gasteiger partial charge in [-0.3, -0.25) is 0 Å². The van der Waals surface area contributed by atoms with Gasteiger partial charge in [0.2, 0.25) is 0 Å². The Bertz CT molecular complexity index is 513. The molecule has 0 N–H and O–H groups in total. The maximum absolute atomic E-state index is 2.51. The number of hydrogen-bond donors (Lipinski definition) is 0. The van der Waals surface area contributed by atoms with Crippen molar-refractivity contribution in [2.24, 2.45) is 0 Å². The Hall–Kier alpha value is -1.08. The lowest BCUT2D eigenvalue weighted by Gasteiger charge is -2.18. The molecule has 0 bridgehead atoms. The zero-order valence-corrected chi connectivity index (χ0v) is 14.5. The largest absolute Gasteiger partial charge is 0.306 e. The molecule has 116 valence electrons. The summed E-state index contributed by atoms with van der Waals surface area (Å²) in [5, 5.41) is 0. The Morgan fingerprint density at radius 3 is 2.62 bits per heavy atom. The van der Waals surface area contributed by atoms with Crippen molar-refractivity contribution in [3.8, 4) is 0 Å². The minimum absolute atomic E-state index is 0.731. The highest BCUT2D eigenvalue weighted by atomic mass is 15.1. The van der Waals surface area contributed by atoms with Crippen LogP contribution in [0.1, 0.15) is 61.3 Å². The van der Waals surface area contributed by atoms with Crippen LogP contribution < -0.4 is 0 Å². The molecule has 1 aliphatic rings. The maximum atomic E-state index is 2.51. The second-order valence-electron chi connectivity index (χ2n) is 6.76. The first kappa shape index (κ1) is 16.3. The average Bonchev–Trinajstić information content (AvgIpc) is 2.87. The van der Waals surface area contributed by atoms with Crippen LogP contribution in [0.5, 0.6) is 0 Å². The van der Waals surface area contributed by atoms with Crippen molar-refractivity contribution in [1.82, 2.24) is 4.90 Å². The Kier molecular flexibility index (Phi) is 5.64. The lowest BCUT2D eigenvalue weighted by molar-refractivity contribution is 0.411. The molecule has 1 atom stereocenters. The van der Waals surface area contributed by atoms with Gasteiger partial charge < -0.3 is 4.90 Å². The molecule has 1 aliphatic heterocycles. The molecule has 2 rings (SSSR count). The van der Waals surface area contributed by atoms with Crippen LogP contribution in [0.15, 0.2) is 23.8 Å². The Morgan fingerprint density at radius 1 is 1.29 bits per heavy atom. The molecule has 1 saturated heterocycles. The first-order valence-corrected chi connectivity index (χ1v) is 8.47. The molecule has 0 aromatic heterocycles. The van der Waals surface area contributed by atoms with Crippen LogP contribution in [-0.2, 0) is 6.42 Å². The average molecular weight is 285 g/mol. The maximum Gasteiger partial charge on any atom is 0.00478 e. The van der Waals surface area contributed by atoms with E-state index in [1.165, 1.54) is 49.0 Å². The van der Waals surface area contributed by atoms with Gasteiger partial charge >= 0.3 is 0 Å². The third-order valence-electron chi connectivity index (χ3n) is 4.95. The van der Waals surface area contributed by atoms with E-state index in [2.05, 4.69) is 57.9 Å².